The Bertz CT molecular complexity index is 341. The van der Waals surface area contributed by atoms with Crippen LogP contribution >= 0.6 is 0 Å². The fraction of sp³-hybridized carbons (Fsp3) is 0.111. The first kappa shape index (κ1) is 15.0. The molecule has 0 aliphatic carbocycles. The molecule has 1 aromatic rings. The molecule has 0 unspecified atom stereocenters. The molecule has 0 amide bonds. The van der Waals surface area contributed by atoms with Gasteiger partial charge < -0.3 is 10.2 Å². The van der Waals surface area contributed by atoms with Gasteiger partial charge in [-0.05, 0) is 5.56 Å². The average molecular weight is 242 g/mol. The summed E-state index contributed by atoms with van der Waals surface area (Å²) in [5.41, 5.74) is 6.08. The fourth-order valence-corrected chi connectivity index (χ4v) is 0.886. The van der Waals surface area contributed by atoms with Crippen LogP contribution in [0.2, 0.25) is 0 Å². The summed E-state index contributed by atoms with van der Waals surface area (Å²) in [4.78, 5) is 18.2. The van der Waals surface area contributed by atoms with Gasteiger partial charge in [0.25, 0.3) is 0 Å². The molecule has 0 bridgehead atoms. The third-order valence-electron chi connectivity index (χ3n) is 1.65. The van der Waals surface area contributed by atoms with Gasteiger partial charge >= 0.3 is 11.9 Å². The van der Waals surface area contributed by atoms with Crippen molar-refractivity contribution >= 4 is 11.9 Å². The normalized spacial score (nSPS) is 9.35. The molecule has 0 atom stereocenters. The molecular formula is C9H14N4O4. The minimum atomic E-state index is -1.82. The van der Waals surface area contributed by atoms with E-state index in [1.807, 2.05) is 30.3 Å². The average Bonchev–Trinajstić information content (AvgIpc) is 2.32. The van der Waals surface area contributed by atoms with Crippen LogP contribution in [0.4, 0.5) is 0 Å². The molecule has 1 aromatic carbocycles. The van der Waals surface area contributed by atoms with Crippen molar-refractivity contribution in [1.29, 1.82) is 0 Å². The highest BCUT2D eigenvalue weighted by Gasteiger charge is 2.04. The van der Waals surface area contributed by atoms with Crippen LogP contribution in [0.1, 0.15) is 11.7 Å². The number of benzene rings is 1. The van der Waals surface area contributed by atoms with Crippen LogP contribution in [0.3, 0.4) is 0 Å². The number of aliphatic carboxylic acids is 2. The van der Waals surface area contributed by atoms with Gasteiger partial charge in [-0.25, -0.2) is 20.4 Å². The number of carboxylic acid groups (broad SMARTS) is 2. The lowest BCUT2D eigenvalue weighted by Gasteiger charge is -2.13. The van der Waals surface area contributed by atoms with E-state index in [0.29, 0.717) is 0 Å². The van der Waals surface area contributed by atoms with E-state index in [-0.39, 0.29) is 6.17 Å². The summed E-state index contributed by atoms with van der Waals surface area (Å²) in [5, 5.41) is 14.8. The molecule has 0 saturated heterocycles. The fourth-order valence-electron chi connectivity index (χ4n) is 0.886. The van der Waals surface area contributed by atoms with Gasteiger partial charge in [-0.2, -0.15) is 0 Å². The van der Waals surface area contributed by atoms with E-state index in [2.05, 4.69) is 10.9 Å². The number of hydrogen-bond donors (Lipinski definition) is 6. The molecule has 0 fully saturated rings. The van der Waals surface area contributed by atoms with Gasteiger partial charge in [-0.15, -0.1) is 0 Å². The van der Waals surface area contributed by atoms with E-state index in [1.165, 1.54) is 0 Å². The Kier molecular flexibility index (Phi) is 7.22. The van der Waals surface area contributed by atoms with Gasteiger partial charge in [0.15, 0.2) is 0 Å². The molecule has 0 spiro atoms. The van der Waals surface area contributed by atoms with Gasteiger partial charge in [0.05, 0.1) is 0 Å². The SMILES string of the molecule is NNC(NN)c1ccccc1.O=C(O)C(=O)O. The first-order chi connectivity index (χ1) is 8.02. The Balaban J connectivity index is 0.000000366. The lowest BCUT2D eigenvalue weighted by Crippen LogP contribution is -2.41. The molecule has 0 saturated carbocycles. The summed E-state index contributed by atoms with van der Waals surface area (Å²) in [6, 6.07) is 9.66. The number of hydrazine groups is 2. The van der Waals surface area contributed by atoms with Crippen molar-refractivity contribution in [1.82, 2.24) is 10.9 Å². The van der Waals surface area contributed by atoms with E-state index < -0.39 is 11.9 Å². The first-order valence-electron chi connectivity index (χ1n) is 4.46. The van der Waals surface area contributed by atoms with Gasteiger partial charge in [-0.1, -0.05) is 30.3 Å². The largest absolute Gasteiger partial charge is 0.473 e. The van der Waals surface area contributed by atoms with Crippen LogP contribution in [0.5, 0.6) is 0 Å². The molecule has 0 aliphatic rings. The highest BCUT2D eigenvalue weighted by Crippen LogP contribution is 2.05. The summed E-state index contributed by atoms with van der Waals surface area (Å²) in [7, 11) is 0. The number of nitrogens with one attached hydrogen (secondary N) is 2. The summed E-state index contributed by atoms with van der Waals surface area (Å²) in [6.45, 7) is 0. The van der Waals surface area contributed by atoms with E-state index in [0.717, 1.165) is 5.56 Å². The first-order valence-corrected chi connectivity index (χ1v) is 4.46. The van der Waals surface area contributed by atoms with Crippen LogP contribution in [-0.4, -0.2) is 22.2 Å². The molecule has 0 radical (unpaired) electrons. The molecule has 8 N–H and O–H groups in total. The van der Waals surface area contributed by atoms with Gasteiger partial charge in [0.2, 0.25) is 0 Å². The van der Waals surface area contributed by atoms with Crippen molar-refractivity contribution in [3.8, 4) is 0 Å². The smallest absolute Gasteiger partial charge is 0.414 e. The molecule has 94 valence electrons. The number of nitrogens with two attached hydrogens (primary N) is 2. The monoisotopic (exact) mass is 242 g/mol. The molecule has 1 rings (SSSR count). The number of carboxylic acids is 2. The summed E-state index contributed by atoms with van der Waals surface area (Å²) < 4.78 is 0. The third-order valence-corrected chi connectivity index (χ3v) is 1.65. The van der Waals surface area contributed by atoms with Crippen molar-refractivity contribution in [2.24, 2.45) is 11.7 Å². The van der Waals surface area contributed by atoms with Crippen LogP contribution in [0.25, 0.3) is 0 Å². The van der Waals surface area contributed by atoms with Gasteiger partial charge in [0, 0.05) is 0 Å². The lowest BCUT2D eigenvalue weighted by molar-refractivity contribution is -0.159. The van der Waals surface area contributed by atoms with E-state index in [4.69, 9.17) is 31.5 Å². The van der Waals surface area contributed by atoms with Crippen LogP contribution in [0.15, 0.2) is 30.3 Å². The van der Waals surface area contributed by atoms with Crippen LogP contribution in [-0.2, 0) is 9.59 Å². The van der Waals surface area contributed by atoms with Crippen molar-refractivity contribution in [2.45, 2.75) is 6.17 Å². The molecule has 0 heterocycles. The predicted octanol–water partition coefficient (Wildman–Crippen LogP) is -1.23. The topological polar surface area (TPSA) is 151 Å². The zero-order valence-electron chi connectivity index (χ0n) is 8.83. The predicted molar refractivity (Wildman–Crippen MR) is 59.1 cm³/mol. The minimum Gasteiger partial charge on any atom is -0.473 e. The number of hydrogen-bond acceptors (Lipinski definition) is 6. The molecule has 17 heavy (non-hydrogen) atoms. The van der Waals surface area contributed by atoms with Crippen molar-refractivity contribution in [3.63, 3.8) is 0 Å². The van der Waals surface area contributed by atoms with E-state index in [1.54, 1.807) is 0 Å². The molecule has 0 aromatic heterocycles. The van der Waals surface area contributed by atoms with Crippen molar-refractivity contribution < 1.29 is 19.8 Å². The zero-order chi connectivity index (χ0) is 13.3. The van der Waals surface area contributed by atoms with Crippen LogP contribution < -0.4 is 22.5 Å². The number of rotatable bonds is 3. The Morgan fingerprint density at radius 2 is 1.41 bits per heavy atom. The summed E-state index contributed by atoms with van der Waals surface area (Å²) in [6.07, 6.45) is -0.184. The molecule has 8 nitrogen and oxygen atoms in total. The summed E-state index contributed by atoms with van der Waals surface area (Å²) >= 11 is 0. The standard InChI is InChI=1S/C7H12N4.C2H2O4/c8-10-7(11-9)6-4-2-1-3-5-6;3-1(4)2(5)6/h1-5,7,10-11H,8-9H2;(H,3,4)(H,5,6). The Morgan fingerprint density at radius 1 is 1.00 bits per heavy atom. The number of carbonyl (C=O) groups is 2. The van der Waals surface area contributed by atoms with Crippen LogP contribution in [0, 0.1) is 0 Å². The molecule has 0 aliphatic heterocycles. The van der Waals surface area contributed by atoms with E-state index >= 15 is 0 Å². The van der Waals surface area contributed by atoms with Crippen molar-refractivity contribution in [2.75, 3.05) is 0 Å². The Morgan fingerprint density at radius 3 is 1.71 bits per heavy atom. The second kappa shape index (κ2) is 8.19. The maximum absolute atomic E-state index is 9.10. The van der Waals surface area contributed by atoms with E-state index in [9.17, 15) is 0 Å². The highest BCUT2D eigenvalue weighted by atomic mass is 16.4. The second-order valence-electron chi connectivity index (χ2n) is 2.79. The minimum absolute atomic E-state index is 0.184. The third kappa shape index (κ3) is 6.22. The van der Waals surface area contributed by atoms with Gasteiger partial charge in [-0.3, -0.25) is 11.7 Å². The highest BCUT2D eigenvalue weighted by molar-refractivity contribution is 6.27. The molecular weight excluding hydrogens is 228 g/mol. The summed E-state index contributed by atoms with van der Waals surface area (Å²) in [5.74, 6) is 6.80. The Hall–Kier alpha value is -2.00. The maximum Gasteiger partial charge on any atom is 0.414 e. The second-order valence-corrected chi connectivity index (χ2v) is 2.79. The zero-order valence-corrected chi connectivity index (χ0v) is 8.83. The quantitative estimate of drug-likeness (QED) is 0.167. The maximum atomic E-state index is 9.10. The van der Waals surface area contributed by atoms with Crippen molar-refractivity contribution in [3.05, 3.63) is 35.9 Å². The Labute approximate surface area is 97.2 Å². The van der Waals surface area contributed by atoms with Gasteiger partial charge in [0.1, 0.15) is 6.17 Å². The lowest BCUT2D eigenvalue weighted by atomic mass is 10.2. The molecule has 8 heteroatoms.